The predicted molar refractivity (Wildman–Crippen MR) is 75.5 cm³/mol. The molecule has 1 aliphatic rings. The summed E-state index contributed by atoms with van der Waals surface area (Å²) in [5, 5.41) is 21.9. The average Bonchev–Trinajstić information content (AvgIpc) is 2.80. The molecule has 0 saturated heterocycles. The second-order valence-electron chi connectivity index (χ2n) is 5.77. The van der Waals surface area contributed by atoms with Gasteiger partial charge >= 0.3 is 12.0 Å². The van der Waals surface area contributed by atoms with Gasteiger partial charge in [-0.3, -0.25) is 0 Å². The smallest absolute Gasteiger partial charge is 0.326 e. The molecule has 1 aliphatic carbocycles. The minimum Gasteiger partial charge on any atom is -0.480 e. The number of aliphatic carboxylic acids is 1. The van der Waals surface area contributed by atoms with Crippen LogP contribution in [0.1, 0.15) is 51.9 Å². The second kappa shape index (κ2) is 7.47. The van der Waals surface area contributed by atoms with Crippen LogP contribution in [0, 0.1) is 0 Å². The molecule has 6 nitrogen and oxygen atoms in total. The van der Waals surface area contributed by atoms with Crippen molar-refractivity contribution in [2.75, 3.05) is 13.6 Å². The van der Waals surface area contributed by atoms with Crippen molar-refractivity contribution >= 4 is 12.0 Å². The van der Waals surface area contributed by atoms with Gasteiger partial charge in [-0.1, -0.05) is 32.6 Å². The predicted octanol–water partition coefficient (Wildman–Crippen LogP) is 1.58. The third-order valence-electron chi connectivity index (χ3n) is 3.85. The maximum Gasteiger partial charge on any atom is 0.326 e. The Labute approximate surface area is 120 Å². The standard InChI is InChI=1S/C14H26N2O4/c1-3-4-7-11(12(17)18)15-13(19)16(2)10-14(20)8-5-6-9-14/h11,20H,3-10H2,1-2H3,(H,15,19)(H,17,18)/t11-/m0/s1. The fourth-order valence-electron chi connectivity index (χ4n) is 2.63. The molecule has 2 amide bonds. The van der Waals surface area contributed by atoms with E-state index in [2.05, 4.69) is 5.32 Å². The van der Waals surface area contributed by atoms with Crippen molar-refractivity contribution < 1.29 is 19.8 Å². The minimum absolute atomic E-state index is 0.249. The number of carbonyl (C=O) groups excluding carboxylic acids is 1. The van der Waals surface area contributed by atoms with Gasteiger partial charge in [0.25, 0.3) is 0 Å². The molecular formula is C14H26N2O4. The van der Waals surface area contributed by atoms with E-state index in [4.69, 9.17) is 5.11 Å². The van der Waals surface area contributed by atoms with Gasteiger partial charge in [-0.2, -0.15) is 0 Å². The summed E-state index contributed by atoms with van der Waals surface area (Å²) in [6.45, 7) is 2.22. The van der Waals surface area contributed by atoms with Crippen LogP contribution in [0.5, 0.6) is 0 Å². The fourth-order valence-corrected chi connectivity index (χ4v) is 2.63. The molecule has 0 heterocycles. The number of nitrogens with one attached hydrogen (secondary N) is 1. The Hall–Kier alpha value is -1.30. The van der Waals surface area contributed by atoms with Crippen LogP contribution in [0.3, 0.4) is 0 Å². The lowest BCUT2D eigenvalue weighted by Crippen LogP contribution is -2.50. The maximum absolute atomic E-state index is 12.0. The van der Waals surface area contributed by atoms with E-state index < -0.39 is 23.6 Å². The normalized spacial score (nSPS) is 18.6. The average molecular weight is 286 g/mol. The zero-order valence-electron chi connectivity index (χ0n) is 12.4. The number of rotatable bonds is 7. The van der Waals surface area contributed by atoms with Gasteiger partial charge in [-0.15, -0.1) is 0 Å². The number of nitrogens with zero attached hydrogens (tertiary/aromatic N) is 1. The van der Waals surface area contributed by atoms with Crippen molar-refractivity contribution in [3.8, 4) is 0 Å². The van der Waals surface area contributed by atoms with Crippen LogP contribution in [0.4, 0.5) is 4.79 Å². The zero-order chi connectivity index (χ0) is 15.2. The summed E-state index contributed by atoms with van der Waals surface area (Å²) < 4.78 is 0. The molecule has 0 bridgehead atoms. The van der Waals surface area contributed by atoms with Crippen molar-refractivity contribution in [1.82, 2.24) is 10.2 Å². The molecule has 3 N–H and O–H groups in total. The van der Waals surface area contributed by atoms with Gasteiger partial charge in [0.1, 0.15) is 6.04 Å². The Morgan fingerprint density at radius 2 is 1.95 bits per heavy atom. The largest absolute Gasteiger partial charge is 0.480 e. The number of hydrogen-bond acceptors (Lipinski definition) is 3. The molecule has 0 aromatic rings. The van der Waals surface area contributed by atoms with E-state index in [1.165, 1.54) is 4.90 Å². The van der Waals surface area contributed by atoms with Crippen LogP contribution in [-0.2, 0) is 4.79 Å². The number of likely N-dealkylation sites (N-methyl/N-ethyl adjacent to an activating group) is 1. The lowest BCUT2D eigenvalue weighted by molar-refractivity contribution is -0.139. The molecular weight excluding hydrogens is 260 g/mol. The van der Waals surface area contributed by atoms with Crippen LogP contribution in [-0.4, -0.2) is 52.3 Å². The number of amides is 2. The van der Waals surface area contributed by atoms with E-state index in [0.717, 1.165) is 25.7 Å². The Morgan fingerprint density at radius 3 is 2.45 bits per heavy atom. The number of unbranched alkanes of at least 4 members (excludes halogenated alkanes) is 1. The van der Waals surface area contributed by atoms with Crippen LogP contribution >= 0.6 is 0 Å². The van der Waals surface area contributed by atoms with E-state index in [-0.39, 0.29) is 6.54 Å². The first-order valence-electron chi connectivity index (χ1n) is 7.35. The summed E-state index contributed by atoms with van der Waals surface area (Å²) in [5.41, 5.74) is -0.811. The highest BCUT2D eigenvalue weighted by atomic mass is 16.4. The van der Waals surface area contributed by atoms with Crippen molar-refractivity contribution in [3.63, 3.8) is 0 Å². The third-order valence-corrected chi connectivity index (χ3v) is 3.85. The molecule has 0 unspecified atom stereocenters. The highest BCUT2D eigenvalue weighted by molar-refractivity contribution is 5.82. The number of aliphatic hydroxyl groups is 1. The van der Waals surface area contributed by atoms with Gasteiger partial charge in [0.2, 0.25) is 0 Å². The van der Waals surface area contributed by atoms with Gasteiger partial charge in [0.15, 0.2) is 0 Å². The second-order valence-corrected chi connectivity index (χ2v) is 5.77. The van der Waals surface area contributed by atoms with Gasteiger partial charge in [-0.25, -0.2) is 9.59 Å². The van der Waals surface area contributed by atoms with Crippen molar-refractivity contribution in [3.05, 3.63) is 0 Å². The Balaban J connectivity index is 2.48. The molecule has 116 valence electrons. The summed E-state index contributed by atoms with van der Waals surface area (Å²) in [7, 11) is 1.59. The zero-order valence-corrected chi connectivity index (χ0v) is 12.4. The Bertz CT molecular complexity index is 340. The third kappa shape index (κ3) is 5.00. The summed E-state index contributed by atoms with van der Waals surface area (Å²) in [6.07, 6.45) is 5.40. The monoisotopic (exact) mass is 286 g/mol. The van der Waals surface area contributed by atoms with Crippen molar-refractivity contribution in [2.24, 2.45) is 0 Å². The van der Waals surface area contributed by atoms with Gasteiger partial charge in [0.05, 0.1) is 12.1 Å². The summed E-state index contributed by atoms with van der Waals surface area (Å²) in [4.78, 5) is 24.5. The van der Waals surface area contributed by atoms with Gasteiger partial charge < -0.3 is 20.4 Å². The highest BCUT2D eigenvalue weighted by Gasteiger charge is 2.34. The fraction of sp³-hybridized carbons (Fsp3) is 0.857. The Morgan fingerprint density at radius 1 is 1.35 bits per heavy atom. The van der Waals surface area contributed by atoms with Crippen molar-refractivity contribution in [1.29, 1.82) is 0 Å². The van der Waals surface area contributed by atoms with Gasteiger partial charge in [-0.05, 0) is 19.3 Å². The summed E-state index contributed by atoms with van der Waals surface area (Å²) >= 11 is 0. The van der Waals surface area contributed by atoms with E-state index in [9.17, 15) is 14.7 Å². The highest BCUT2D eigenvalue weighted by Crippen LogP contribution is 2.29. The lowest BCUT2D eigenvalue weighted by atomic mass is 10.0. The number of carboxylic acid groups (broad SMARTS) is 1. The molecule has 1 atom stereocenters. The Kier molecular flexibility index (Phi) is 6.26. The number of carbonyl (C=O) groups is 2. The SMILES string of the molecule is CCCC[C@H](NC(=O)N(C)CC1(O)CCCC1)C(=O)O. The van der Waals surface area contributed by atoms with E-state index in [1.54, 1.807) is 7.05 Å². The number of urea groups is 1. The first kappa shape index (κ1) is 16.8. The molecule has 1 rings (SSSR count). The molecule has 0 aromatic carbocycles. The first-order chi connectivity index (χ1) is 9.38. The first-order valence-corrected chi connectivity index (χ1v) is 7.35. The quantitative estimate of drug-likeness (QED) is 0.662. The topological polar surface area (TPSA) is 89.9 Å². The van der Waals surface area contributed by atoms with Crippen LogP contribution in [0.2, 0.25) is 0 Å². The minimum atomic E-state index is -1.01. The van der Waals surface area contributed by atoms with Gasteiger partial charge in [0, 0.05) is 7.05 Å². The molecule has 0 radical (unpaired) electrons. The molecule has 0 spiro atoms. The number of hydrogen-bond donors (Lipinski definition) is 3. The molecule has 0 aliphatic heterocycles. The number of carboxylic acids is 1. The summed E-state index contributed by atoms with van der Waals surface area (Å²) in [5.74, 6) is -1.01. The molecule has 1 saturated carbocycles. The van der Waals surface area contributed by atoms with Crippen molar-refractivity contribution in [2.45, 2.75) is 63.5 Å². The lowest BCUT2D eigenvalue weighted by Gasteiger charge is -2.29. The molecule has 6 heteroatoms. The van der Waals surface area contributed by atoms with Crippen LogP contribution in [0.15, 0.2) is 0 Å². The van der Waals surface area contributed by atoms with E-state index >= 15 is 0 Å². The van der Waals surface area contributed by atoms with E-state index in [1.807, 2.05) is 6.92 Å². The van der Waals surface area contributed by atoms with E-state index in [0.29, 0.717) is 19.3 Å². The summed E-state index contributed by atoms with van der Waals surface area (Å²) in [6, 6.07) is -1.29. The molecule has 20 heavy (non-hydrogen) atoms. The molecule has 1 fully saturated rings. The molecule has 0 aromatic heterocycles. The van der Waals surface area contributed by atoms with Crippen LogP contribution < -0.4 is 5.32 Å². The van der Waals surface area contributed by atoms with Crippen LogP contribution in [0.25, 0.3) is 0 Å². The maximum atomic E-state index is 12.0.